The van der Waals surface area contributed by atoms with Crippen molar-refractivity contribution in [3.8, 4) is 0 Å². The molecule has 1 aromatic rings. The molecule has 8 heteroatoms. The number of thioether (sulfide) groups is 1. The van der Waals surface area contributed by atoms with Crippen molar-refractivity contribution in [1.29, 1.82) is 0 Å². The normalized spacial score (nSPS) is 12.9. The van der Waals surface area contributed by atoms with Gasteiger partial charge in [-0.2, -0.15) is 4.99 Å². The number of carbonyl (C=O) groups is 1. The summed E-state index contributed by atoms with van der Waals surface area (Å²) < 4.78 is 31.5. The summed E-state index contributed by atoms with van der Waals surface area (Å²) >= 11 is 1.00. The second-order valence-electron chi connectivity index (χ2n) is 5.02. The third kappa shape index (κ3) is 6.17. The van der Waals surface area contributed by atoms with Crippen LogP contribution in [0.1, 0.15) is 20.8 Å². The summed E-state index contributed by atoms with van der Waals surface area (Å²) in [5.74, 6) is 0. The molecule has 116 valence electrons. The number of nitrogens with zero attached hydrogens (tertiary/aromatic N) is 1. The van der Waals surface area contributed by atoms with Gasteiger partial charge >= 0.3 is 6.09 Å². The van der Waals surface area contributed by atoms with Gasteiger partial charge in [-0.05, 0) is 39.2 Å². The molecule has 0 spiro atoms. The first kappa shape index (κ1) is 17.5. The lowest BCUT2D eigenvalue weighted by molar-refractivity contribution is 0.0604. The monoisotopic (exact) mass is 330 g/mol. The van der Waals surface area contributed by atoms with E-state index in [0.717, 1.165) is 11.8 Å². The predicted molar refractivity (Wildman–Crippen MR) is 83.9 cm³/mol. The molecule has 0 saturated heterocycles. The Morgan fingerprint density at radius 2 is 1.81 bits per heavy atom. The van der Waals surface area contributed by atoms with Crippen LogP contribution in [0.15, 0.2) is 40.2 Å². The Bertz CT molecular complexity index is 619. The minimum Gasteiger partial charge on any atom is -0.442 e. The number of hydrogen-bond acceptors (Lipinski definition) is 5. The molecular weight excluding hydrogens is 312 g/mol. The van der Waals surface area contributed by atoms with E-state index in [1.807, 2.05) is 0 Å². The molecule has 1 aromatic carbocycles. The van der Waals surface area contributed by atoms with E-state index in [1.165, 1.54) is 12.1 Å². The van der Waals surface area contributed by atoms with Crippen LogP contribution >= 0.6 is 11.8 Å². The van der Waals surface area contributed by atoms with Gasteiger partial charge in [-0.25, -0.2) is 13.2 Å². The molecule has 0 saturated carbocycles. The molecule has 0 aliphatic carbocycles. The summed E-state index contributed by atoms with van der Waals surface area (Å²) in [6, 6.07) is 7.83. The predicted octanol–water partition coefficient (Wildman–Crippen LogP) is 2.62. The molecule has 0 fully saturated rings. The van der Waals surface area contributed by atoms with Gasteiger partial charge in [0, 0.05) is 0 Å². The second kappa shape index (κ2) is 6.95. The lowest BCUT2D eigenvalue weighted by atomic mass is 10.2. The molecule has 0 radical (unpaired) electrons. The third-order valence-corrected chi connectivity index (χ3v) is 4.12. The van der Waals surface area contributed by atoms with Gasteiger partial charge in [-0.3, -0.25) is 4.72 Å². The lowest BCUT2D eigenvalue weighted by Crippen LogP contribution is -2.30. The number of nitrogens with one attached hydrogen (secondary N) is 1. The summed E-state index contributed by atoms with van der Waals surface area (Å²) in [5, 5.41) is -0.0481. The summed E-state index contributed by atoms with van der Waals surface area (Å²) in [6.45, 7) is 5.11. The van der Waals surface area contributed by atoms with Gasteiger partial charge in [0.05, 0.1) is 4.90 Å². The average Bonchev–Trinajstić information content (AvgIpc) is 2.36. The van der Waals surface area contributed by atoms with Crippen molar-refractivity contribution in [2.45, 2.75) is 31.3 Å². The Kier molecular flexibility index (Phi) is 5.79. The maximum absolute atomic E-state index is 12.1. The minimum atomic E-state index is -3.77. The van der Waals surface area contributed by atoms with E-state index in [1.54, 1.807) is 45.2 Å². The van der Waals surface area contributed by atoms with Crippen LogP contribution < -0.4 is 4.72 Å². The van der Waals surface area contributed by atoms with Gasteiger partial charge in [0.15, 0.2) is 5.17 Å². The van der Waals surface area contributed by atoms with E-state index >= 15 is 0 Å². The molecule has 0 aromatic heterocycles. The molecule has 6 nitrogen and oxygen atoms in total. The number of sulfonamides is 1. The number of carbonyl (C=O) groups excluding carboxylic acids is 1. The van der Waals surface area contributed by atoms with Crippen LogP contribution in [0.25, 0.3) is 0 Å². The smallest absolute Gasteiger partial charge is 0.436 e. The fourth-order valence-electron chi connectivity index (χ4n) is 1.25. The topological polar surface area (TPSA) is 84.8 Å². The molecule has 1 rings (SSSR count). The fraction of sp³-hybridized carbons (Fsp3) is 0.385. The Labute approximate surface area is 129 Å². The highest BCUT2D eigenvalue weighted by Crippen LogP contribution is 2.11. The van der Waals surface area contributed by atoms with E-state index in [4.69, 9.17) is 4.74 Å². The van der Waals surface area contributed by atoms with Gasteiger partial charge in [-0.15, -0.1) is 0 Å². The van der Waals surface area contributed by atoms with Crippen LogP contribution in [0, 0.1) is 0 Å². The highest BCUT2D eigenvalue weighted by atomic mass is 32.2. The first-order chi connectivity index (χ1) is 9.64. The number of ether oxygens (including phenoxy) is 1. The highest BCUT2D eigenvalue weighted by molar-refractivity contribution is 8.14. The van der Waals surface area contributed by atoms with Gasteiger partial charge in [-0.1, -0.05) is 30.0 Å². The van der Waals surface area contributed by atoms with Crippen LogP contribution in [0.3, 0.4) is 0 Å². The minimum absolute atomic E-state index is 0.0481. The maximum atomic E-state index is 12.1. The van der Waals surface area contributed by atoms with E-state index in [0.29, 0.717) is 0 Å². The van der Waals surface area contributed by atoms with Crippen molar-refractivity contribution < 1.29 is 17.9 Å². The van der Waals surface area contributed by atoms with E-state index in [9.17, 15) is 13.2 Å². The SMILES string of the molecule is CS/C(=N\C(=O)OC(C)(C)C)NS(=O)(=O)c1ccccc1. The van der Waals surface area contributed by atoms with E-state index < -0.39 is 21.7 Å². The van der Waals surface area contributed by atoms with Gasteiger partial charge < -0.3 is 4.74 Å². The van der Waals surface area contributed by atoms with Gasteiger partial charge in [0.25, 0.3) is 10.0 Å². The quantitative estimate of drug-likeness (QED) is 0.665. The largest absolute Gasteiger partial charge is 0.442 e. The van der Waals surface area contributed by atoms with Crippen LogP contribution in [0.2, 0.25) is 0 Å². The zero-order valence-electron chi connectivity index (χ0n) is 12.3. The average molecular weight is 330 g/mol. The molecule has 0 aliphatic heterocycles. The number of aliphatic imine (C=N–C) groups is 1. The summed E-state index contributed by atoms with van der Waals surface area (Å²) in [7, 11) is -3.77. The standard InChI is InChI=1S/C13H18N2O4S2/c1-13(2,3)19-12(16)14-11(20-4)15-21(17,18)10-8-6-5-7-9-10/h5-9H,1-4H3,(H,14,15,16). The molecule has 0 heterocycles. The zero-order chi connectivity index (χ0) is 16.1. The number of benzene rings is 1. The molecule has 0 aliphatic rings. The highest BCUT2D eigenvalue weighted by Gasteiger charge is 2.19. The van der Waals surface area contributed by atoms with E-state index in [2.05, 4.69) is 9.71 Å². The van der Waals surface area contributed by atoms with Crippen molar-refractivity contribution in [3.05, 3.63) is 30.3 Å². The number of amides is 1. The number of rotatable bonds is 2. The van der Waals surface area contributed by atoms with Crippen LogP contribution in [-0.2, 0) is 14.8 Å². The van der Waals surface area contributed by atoms with Crippen molar-refractivity contribution >= 4 is 33.0 Å². The Morgan fingerprint density at radius 3 is 2.29 bits per heavy atom. The molecule has 0 unspecified atom stereocenters. The molecule has 21 heavy (non-hydrogen) atoms. The van der Waals surface area contributed by atoms with Crippen molar-refractivity contribution in [3.63, 3.8) is 0 Å². The van der Waals surface area contributed by atoms with Crippen molar-refractivity contribution in [1.82, 2.24) is 4.72 Å². The van der Waals surface area contributed by atoms with Crippen molar-refractivity contribution in [2.24, 2.45) is 4.99 Å². The molecule has 0 atom stereocenters. The summed E-state index contributed by atoms with van der Waals surface area (Å²) in [5.41, 5.74) is -0.692. The Morgan fingerprint density at radius 1 is 1.24 bits per heavy atom. The Balaban J connectivity index is 2.90. The maximum Gasteiger partial charge on any atom is 0.436 e. The number of hydrogen-bond donors (Lipinski definition) is 1. The zero-order valence-corrected chi connectivity index (χ0v) is 13.9. The molecular formula is C13H18N2O4S2. The van der Waals surface area contributed by atoms with Crippen LogP contribution in [-0.4, -0.2) is 31.5 Å². The molecule has 0 bridgehead atoms. The lowest BCUT2D eigenvalue weighted by Gasteiger charge is -2.17. The first-order valence-electron chi connectivity index (χ1n) is 6.07. The second-order valence-corrected chi connectivity index (χ2v) is 7.50. The van der Waals surface area contributed by atoms with Gasteiger partial charge in [0.1, 0.15) is 5.60 Å². The first-order valence-corrected chi connectivity index (χ1v) is 8.78. The van der Waals surface area contributed by atoms with Gasteiger partial charge in [0.2, 0.25) is 0 Å². The van der Waals surface area contributed by atoms with Crippen LogP contribution in [0.5, 0.6) is 0 Å². The summed E-state index contributed by atoms with van der Waals surface area (Å²) in [4.78, 5) is 15.3. The molecule has 1 N–H and O–H groups in total. The van der Waals surface area contributed by atoms with E-state index in [-0.39, 0.29) is 10.1 Å². The Hall–Kier alpha value is -1.54. The van der Waals surface area contributed by atoms with Crippen LogP contribution in [0.4, 0.5) is 4.79 Å². The fourth-order valence-corrected chi connectivity index (χ4v) is 2.99. The van der Waals surface area contributed by atoms with Crippen molar-refractivity contribution in [2.75, 3.05) is 6.26 Å². The third-order valence-electron chi connectivity index (χ3n) is 2.05. The number of amidine groups is 1. The summed E-state index contributed by atoms with van der Waals surface area (Å²) in [6.07, 6.45) is 0.763. The molecule has 1 amide bonds.